The van der Waals surface area contributed by atoms with Crippen LogP contribution in [-0.2, 0) is 24.1 Å². The van der Waals surface area contributed by atoms with Gasteiger partial charge in [0.2, 0.25) is 0 Å². The van der Waals surface area contributed by atoms with Crippen molar-refractivity contribution in [1.29, 1.82) is 0 Å². The van der Waals surface area contributed by atoms with E-state index in [4.69, 9.17) is 4.98 Å². The molecule has 1 aliphatic carbocycles. The fraction of sp³-hybridized carbons (Fsp3) is 0.312. The van der Waals surface area contributed by atoms with E-state index < -0.39 is 37.6 Å². The van der Waals surface area contributed by atoms with Crippen molar-refractivity contribution in [2.45, 2.75) is 37.6 Å². The summed E-state index contributed by atoms with van der Waals surface area (Å²) >= 11 is 0. The molecule has 230 valence electrons. The van der Waals surface area contributed by atoms with Crippen LogP contribution in [0.4, 0.5) is 22.0 Å². The predicted octanol–water partition coefficient (Wildman–Crippen LogP) is 7.53. The number of ether oxygens (including phenoxy) is 1. The number of rotatable bonds is 8. The van der Waals surface area contributed by atoms with Crippen LogP contribution >= 0.6 is 7.14 Å². The van der Waals surface area contributed by atoms with Crippen LogP contribution in [0, 0.1) is 0 Å². The second-order valence-corrected chi connectivity index (χ2v) is 14.9. The Morgan fingerprint density at radius 2 is 1.61 bits per heavy atom. The smallest absolute Gasteiger partial charge is 0.405 e. The van der Waals surface area contributed by atoms with Crippen molar-refractivity contribution in [2.24, 2.45) is 7.05 Å². The number of hydrogen-bond donors (Lipinski definition) is 0. The Kier molecular flexibility index (Phi) is 7.23. The van der Waals surface area contributed by atoms with Crippen molar-refractivity contribution < 1.29 is 36.0 Å². The summed E-state index contributed by atoms with van der Waals surface area (Å²) in [6.07, 6.45) is -3.32. The summed E-state index contributed by atoms with van der Waals surface area (Å²) in [6, 6.07) is 16.4. The maximum absolute atomic E-state index is 15.2. The van der Waals surface area contributed by atoms with E-state index in [0.717, 1.165) is 29.5 Å². The molecule has 2 aliphatic rings. The van der Waals surface area contributed by atoms with Crippen molar-refractivity contribution >= 4 is 18.4 Å². The minimum atomic E-state index is -5.00. The second-order valence-electron chi connectivity index (χ2n) is 11.6. The van der Waals surface area contributed by atoms with E-state index in [1.165, 1.54) is 49.7 Å². The molecule has 1 saturated carbocycles. The fourth-order valence-corrected chi connectivity index (χ4v) is 6.63. The Hall–Kier alpha value is -3.98. The minimum Gasteiger partial charge on any atom is -0.405 e. The van der Waals surface area contributed by atoms with Gasteiger partial charge in [-0.15, -0.1) is 13.2 Å². The summed E-state index contributed by atoms with van der Waals surface area (Å²) in [5.74, 6) is -4.05. The Labute approximate surface area is 250 Å². The van der Waals surface area contributed by atoms with Crippen molar-refractivity contribution in [1.82, 2.24) is 14.5 Å². The molecule has 0 radical (unpaired) electrons. The molecule has 12 heteroatoms. The molecule has 44 heavy (non-hydrogen) atoms. The molecule has 6 rings (SSSR count). The van der Waals surface area contributed by atoms with E-state index in [1.807, 2.05) is 0 Å². The van der Waals surface area contributed by atoms with Gasteiger partial charge in [-0.1, -0.05) is 48.5 Å². The van der Waals surface area contributed by atoms with Gasteiger partial charge in [0.15, 0.2) is 0 Å². The van der Waals surface area contributed by atoms with E-state index in [1.54, 1.807) is 35.9 Å². The van der Waals surface area contributed by atoms with Crippen LogP contribution in [0.5, 0.6) is 5.75 Å². The fourth-order valence-electron chi connectivity index (χ4n) is 5.77. The zero-order valence-corrected chi connectivity index (χ0v) is 25.1. The largest absolute Gasteiger partial charge is 0.573 e. The van der Waals surface area contributed by atoms with Gasteiger partial charge in [-0.05, 0) is 49.9 Å². The minimum absolute atomic E-state index is 0.0583. The van der Waals surface area contributed by atoms with Crippen LogP contribution in [0.1, 0.15) is 45.9 Å². The van der Waals surface area contributed by atoms with Crippen LogP contribution in [0.25, 0.3) is 22.6 Å². The predicted molar refractivity (Wildman–Crippen MR) is 157 cm³/mol. The van der Waals surface area contributed by atoms with Crippen LogP contribution in [0.15, 0.2) is 66.7 Å². The SMILES string of the molecule is Cn1c(-c2ccc(P(C)(C)=O)cc2OC(F)(F)F)nc(-c2cccc3c2CN(CC(F)(F)c2ccccc2)C3=O)c1C1CC1. The molecule has 0 saturated heterocycles. The number of imidazole rings is 1. The van der Waals surface area contributed by atoms with Gasteiger partial charge in [0.1, 0.15) is 18.7 Å². The van der Waals surface area contributed by atoms with Gasteiger partial charge in [0, 0.05) is 47.2 Å². The quantitative estimate of drug-likeness (QED) is 0.149. The van der Waals surface area contributed by atoms with Gasteiger partial charge in [-0.2, -0.15) is 8.78 Å². The third-order valence-corrected chi connectivity index (χ3v) is 9.56. The lowest BCUT2D eigenvalue weighted by atomic mass is 9.98. The second kappa shape index (κ2) is 10.6. The van der Waals surface area contributed by atoms with Crippen molar-refractivity contribution in [2.75, 3.05) is 19.9 Å². The van der Waals surface area contributed by atoms with Gasteiger partial charge >= 0.3 is 6.36 Å². The zero-order valence-electron chi connectivity index (χ0n) is 24.2. The standard InChI is InChI=1S/C32H29F5N3O3P/c1-39-28(19-12-13-19)27(38-29(39)24-15-14-21(44(2,3)42)16-26(24)43-32(35,36)37)22-10-7-11-23-25(22)17-40(30(23)41)18-31(33,34)20-8-5-4-6-9-20/h4-11,14-16,19H,12-13,17-18H2,1-3H3. The van der Waals surface area contributed by atoms with E-state index in [9.17, 15) is 22.5 Å². The number of amides is 1. The Morgan fingerprint density at radius 1 is 0.932 bits per heavy atom. The normalized spacial score (nSPS) is 15.5. The number of aromatic nitrogens is 2. The van der Waals surface area contributed by atoms with Crippen molar-refractivity contribution in [3.63, 3.8) is 0 Å². The number of benzene rings is 3. The maximum Gasteiger partial charge on any atom is 0.573 e. The molecular formula is C32H29F5N3O3P. The monoisotopic (exact) mass is 629 g/mol. The van der Waals surface area contributed by atoms with Crippen LogP contribution in [0.2, 0.25) is 0 Å². The van der Waals surface area contributed by atoms with Gasteiger partial charge in [-0.25, -0.2) is 4.98 Å². The lowest BCUT2D eigenvalue weighted by molar-refractivity contribution is -0.274. The first kappa shape index (κ1) is 30.1. The third kappa shape index (κ3) is 5.65. The molecule has 1 aromatic heterocycles. The summed E-state index contributed by atoms with van der Waals surface area (Å²) in [6.45, 7) is 2.04. The first-order valence-corrected chi connectivity index (χ1v) is 16.6. The lowest BCUT2D eigenvalue weighted by Crippen LogP contribution is -2.35. The van der Waals surface area contributed by atoms with Crippen LogP contribution in [-0.4, -0.2) is 46.6 Å². The van der Waals surface area contributed by atoms with E-state index in [2.05, 4.69) is 4.74 Å². The Balaban J connectivity index is 1.43. The molecule has 4 aromatic rings. The molecule has 0 bridgehead atoms. The number of hydrogen-bond acceptors (Lipinski definition) is 4. The maximum atomic E-state index is 15.2. The molecule has 2 heterocycles. The van der Waals surface area contributed by atoms with Crippen LogP contribution in [0.3, 0.4) is 0 Å². The van der Waals surface area contributed by atoms with Crippen LogP contribution < -0.4 is 10.0 Å². The zero-order chi connectivity index (χ0) is 31.6. The number of carbonyl (C=O) groups is 1. The molecule has 0 spiro atoms. The summed E-state index contributed by atoms with van der Waals surface area (Å²) in [7, 11) is -1.21. The highest BCUT2D eigenvalue weighted by Crippen LogP contribution is 2.48. The van der Waals surface area contributed by atoms with Gasteiger partial charge in [0.25, 0.3) is 11.8 Å². The molecule has 0 atom stereocenters. The molecule has 3 aromatic carbocycles. The van der Waals surface area contributed by atoms with E-state index >= 15 is 8.78 Å². The lowest BCUT2D eigenvalue weighted by Gasteiger charge is -2.23. The van der Waals surface area contributed by atoms with Gasteiger partial charge in [0.05, 0.1) is 17.8 Å². The number of halogens is 5. The Morgan fingerprint density at radius 3 is 2.25 bits per heavy atom. The summed E-state index contributed by atoms with van der Waals surface area (Å²) in [5.41, 5.74) is 2.49. The van der Waals surface area contributed by atoms with E-state index in [0.29, 0.717) is 16.8 Å². The summed E-state index contributed by atoms with van der Waals surface area (Å²) in [5, 5.41) is 0.226. The highest BCUT2D eigenvalue weighted by atomic mass is 31.2. The third-order valence-electron chi connectivity index (χ3n) is 8.04. The van der Waals surface area contributed by atoms with Gasteiger partial charge in [-0.3, -0.25) is 4.79 Å². The highest BCUT2D eigenvalue weighted by molar-refractivity contribution is 7.70. The topological polar surface area (TPSA) is 64.4 Å². The molecule has 1 fully saturated rings. The first-order valence-electron chi connectivity index (χ1n) is 14.0. The van der Waals surface area contributed by atoms with E-state index in [-0.39, 0.29) is 40.3 Å². The number of carbonyl (C=O) groups excluding carboxylic acids is 1. The number of fused-ring (bicyclic) bond motifs is 1. The molecular weight excluding hydrogens is 600 g/mol. The molecule has 1 amide bonds. The number of alkyl halides is 5. The van der Waals surface area contributed by atoms with Crippen molar-refractivity contribution in [3.05, 3.63) is 89.1 Å². The molecule has 1 aliphatic heterocycles. The average Bonchev–Trinajstić information content (AvgIpc) is 3.66. The van der Waals surface area contributed by atoms with Crippen molar-refractivity contribution in [3.8, 4) is 28.4 Å². The summed E-state index contributed by atoms with van der Waals surface area (Å²) in [4.78, 5) is 19.3. The molecule has 6 nitrogen and oxygen atoms in total. The highest BCUT2D eigenvalue weighted by Gasteiger charge is 2.41. The van der Waals surface area contributed by atoms with Gasteiger partial charge < -0.3 is 18.8 Å². The average molecular weight is 630 g/mol. The summed E-state index contributed by atoms with van der Waals surface area (Å²) < 4.78 is 89.7. The Bertz CT molecular complexity index is 1810. The number of nitrogens with zero attached hydrogens (tertiary/aromatic N) is 3. The molecule has 0 N–H and O–H groups in total. The first-order chi connectivity index (χ1) is 20.6. The molecule has 0 unspecified atom stereocenters.